The lowest BCUT2D eigenvalue weighted by atomic mass is 10.0. The van der Waals surface area contributed by atoms with Gasteiger partial charge in [0.25, 0.3) is 10.0 Å². The Morgan fingerprint density at radius 1 is 0.864 bits per heavy atom. The summed E-state index contributed by atoms with van der Waals surface area (Å²) in [5.74, 6) is -1.27. The van der Waals surface area contributed by atoms with E-state index in [1.165, 1.54) is 18.2 Å². The molecule has 6 aromatic rings. The Balaban J connectivity index is 1.46. The van der Waals surface area contributed by atoms with E-state index >= 15 is 8.78 Å². The van der Waals surface area contributed by atoms with E-state index in [0.717, 1.165) is 26.5 Å². The molecular weight excluding hydrogens is 585 g/mol. The van der Waals surface area contributed by atoms with Crippen LogP contribution in [0, 0.1) is 18.7 Å². The first-order chi connectivity index (χ1) is 21.3. The van der Waals surface area contributed by atoms with Gasteiger partial charge < -0.3 is 9.88 Å². The molecule has 10 heteroatoms. The normalized spacial score (nSPS) is 12.0. The third kappa shape index (κ3) is 5.51. The number of aryl methyl sites for hydroxylation is 1. The van der Waals surface area contributed by atoms with Crippen LogP contribution in [0.3, 0.4) is 0 Å². The van der Waals surface area contributed by atoms with E-state index in [1.54, 1.807) is 36.4 Å². The molecule has 6 rings (SSSR count). The summed E-state index contributed by atoms with van der Waals surface area (Å²) in [6.45, 7) is 2.95. The third-order valence-corrected chi connectivity index (χ3v) is 9.47. The Kier molecular flexibility index (Phi) is 8.29. The number of fused-ring (bicyclic) bond motifs is 3. The Bertz CT molecular complexity index is 2070. The van der Waals surface area contributed by atoms with Crippen molar-refractivity contribution in [3.05, 3.63) is 119 Å². The summed E-state index contributed by atoms with van der Waals surface area (Å²) < 4.78 is 72.9. The molecule has 0 aliphatic rings. The van der Waals surface area contributed by atoms with Crippen LogP contribution in [-0.4, -0.2) is 41.9 Å². The fraction of sp³-hybridized carbons (Fsp3) is 0.206. The van der Waals surface area contributed by atoms with Crippen molar-refractivity contribution in [3.8, 4) is 11.3 Å². The summed E-state index contributed by atoms with van der Waals surface area (Å²) in [6.07, 6.45) is 1.05. The second kappa shape index (κ2) is 12.3. The van der Waals surface area contributed by atoms with E-state index in [9.17, 15) is 12.8 Å². The zero-order valence-electron chi connectivity index (χ0n) is 24.1. The second-order valence-corrected chi connectivity index (χ2v) is 12.5. The number of nitrogens with zero attached hydrogens (tertiary/aromatic N) is 3. The average Bonchev–Trinajstić information content (AvgIpc) is 3.56. The molecule has 0 saturated heterocycles. The first-order valence-corrected chi connectivity index (χ1v) is 15.8. The monoisotopic (exact) mass is 616 g/mol. The molecule has 226 valence electrons. The lowest BCUT2D eigenvalue weighted by Crippen LogP contribution is -2.19. The molecule has 0 amide bonds. The fourth-order valence-corrected chi connectivity index (χ4v) is 6.90. The smallest absolute Gasteiger partial charge is 0.283 e. The van der Waals surface area contributed by atoms with Crippen LogP contribution in [0.25, 0.3) is 33.1 Å². The van der Waals surface area contributed by atoms with Gasteiger partial charge in [-0.3, -0.25) is 4.39 Å². The van der Waals surface area contributed by atoms with Crippen molar-refractivity contribution in [2.45, 2.75) is 31.2 Å². The molecule has 4 aromatic carbocycles. The van der Waals surface area contributed by atoms with Crippen LogP contribution >= 0.6 is 0 Å². The highest BCUT2D eigenvalue weighted by Crippen LogP contribution is 2.37. The predicted octanol–water partition coefficient (Wildman–Crippen LogP) is 7.02. The Hall–Kier alpha value is -4.41. The molecule has 0 unspecified atom stereocenters. The molecule has 0 fully saturated rings. The van der Waals surface area contributed by atoms with Crippen LogP contribution < -0.4 is 5.32 Å². The van der Waals surface area contributed by atoms with Gasteiger partial charge in [0, 0.05) is 27.7 Å². The van der Waals surface area contributed by atoms with Gasteiger partial charge in [0.2, 0.25) is 5.95 Å². The van der Waals surface area contributed by atoms with Crippen LogP contribution in [0.5, 0.6) is 0 Å². The lowest BCUT2D eigenvalue weighted by Gasteiger charge is -2.14. The molecule has 0 aliphatic heterocycles. The van der Waals surface area contributed by atoms with Crippen molar-refractivity contribution in [1.82, 2.24) is 19.1 Å². The van der Waals surface area contributed by atoms with Crippen LogP contribution in [-0.2, 0) is 23.0 Å². The molecular formula is C34H31F3N4O2S. The first-order valence-electron chi connectivity index (χ1n) is 14.4. The molecule has 44 heavy (non-hydrogen) atoms. The van der Waals surface area contributed by atoms with E-state index in [1.807, 2.05) is 47.9 Å². The molecule has 0 saturated carbocycles. The van der Waals surface area contributed by atoms with E-state index in [-0.39, 0.29) is 34.8 Å². The van der Waals surface area contributed by atoms with Crippen LogP contribution in [0.2, 0.25) is 0 Å². The number of aromatic nitrogens is 3. The molecule has 0 radical (unpaired) electrons. The first kappa shape index (κ1) is 29.7. The summed E-state index contributed by atoms with van der Waals surface area (Å²) in [5.41, 5.74) is 4.62. The highest BCUT2D eigenvalue weighted by atomic mass is 32.2. The van der Waals surface area contributed by atoms with E-state index < -0.39 is 16.0 Å². The topological polar surface area (TPSA) is 68.9 Å². The molecule has 0 atom stereocenters. The zero-order valence-corrected chi connectivity index (χ0v) is 24.9. The summed E-state index contributed by atoms with van der Waals surface area (Å²) in [7, 11) is -4.16. The summed E-state index contributed by atoms with van der Waals surface area (Å²) in [4.78, 5) is -0.00266. The number of hydrogen-bond donors (Lipinski definition) is 1. The lowest BCUT2D eigenvalue weighted by molar-refractivity contribution is 0.460. The van der Waals surface area contributed by atoms with Gasteiger partial charge in [0.15, 0.2) is 0 Å². The highest BCUT2D eigenvalue weighted by molar-refractivity contribution is 7.90. The van der Waals surface area contributed by atoms with Crippen molar-refractivity contribution in [2.24, 2.45) is 0 Å². The van der Waals surface area contributed by atoms with Gasteiger partial charge in [0.1, 0.15) is 5.82 Å². The Labute approximate surface area is 253 Å². The maximum Gasteiger partial charge on any atom is 0.283 e. The molecule has 2 aromatic heterocycles. The van der Waals surface area contributed by atoms with Gasteiger partial charge >= 0.3 is 0 Å². The minimum atomic E-state index is -4.16. The maximum atomic E-state index is 15.6. The maximum absolute atomic E-state index is 15.6. The minimum absolute atomic E-state index is 0.00266. The van der Waals surface area contributed by atoms with Crippen molar-refractivity contribution in [2.75, 3.05) is 19.8 Å². The van der Waals surface area contributed by atoms with Gasteiger partial charge in [-0.15, -0.1) is 5.10 Å². The summed E-state index contributed by atoms with van der Waals surface area (Å²) in [6, 6.07) is 25.8. The molecule has 0 bridgehead atoms. The number of rotatable bonds is 11. The third-order valence-electron chi connectivity index (χ3n) is 7.87. The minimum Gasteiger partial charge on any atom is -0.336 e. The molecule has 2 heterocycles. The van der Waals surface area contributed by atoms with Gasteiger partial charge in [-0.05, 0) is 80.4 Å². The molecule has 0 aliphatic carbocycles. The van der Waals surface area contributed by atoms with Gasteiger partial charge in [-0.2, -0.15) is 16.9 Å². The van der Waals surface area contributed by atoms with Crippen molar-refractivity contribution in [3.63, 3.8) is 0 Å². The molecule has 1 N–H and O–H groups in total. The number of nitrogens with one attached hydrogen (secondary N) is 1. The van der Waals surface area contributed by atoms with Crippen LogP contribution in [0.15, 0.2) is 95.9 Å². The summed E-state index contributed by atoms with van der Waals surface area (Å²) >= 11 is 0. The Morgan fingerprint density at radius 2 is 1.61 bits per heavy atom. The van der Waals surface area contributed by atoms with Gasteiger partial charge in [-0.1, -0.05) is 54.6 Å². The number of hydrogen-bond acceptors (Lipinski definition) is 4. The number of alkyl halides is 1. The highest BCUT2D eigenvalue weighted by Gasteiger charge is 2.26. The molecule has 6 nitrogen and oxygen atoms in total. The quantitative estimate of drug-likeness (QED) is 0.159. The van der Waals surface area contributed by atoms with E-state index in [0.29, 0.717) is 42.4 Å². The number of benzene rings is 4. The molecule has 0 spiro atoms. The van der Waals surface area contributed by atoms with Crippen molar-refractivity contribution in [1.29, 1.82) is 0 Å². The van der Waals surface area contributed by atoms with E-state index in [2.05, 4.69) is 10.4 Å². The zero-order chi connectivity index (χ0) is 30.8. The predicted molar refractivity (Wildman–Crippen MR) is 167 cm³/mol. The average molecular weight is 617 g/mol. The largest absolute Gasteiger partial charge is 0.336 e. The second-order valence-electron chi connectivity index (χ2n) is 10.7. The Morgan fingerprint density at radius 3 is 2.36 bits per heavy atom. The van der Waals surface area contributed by atoms with Crippen molar-refractivity contribution >= 4 is 31.8 Å². The SMILES string of the molecule is Cc1ccccc1-c1cc2c3c(F)nn(S(=O)(=O)c4ccccc4)c3ccc2n1Cc1ccc(CCNCCCF)cc1F. The summed E-state index contributed by atoms with van der Waals surface area (Å²) in [5, 5.41) is 7.54. The number of halogens is 3. The van der Waals surface area contributed by atoms with E-state index in [4.69, 9.17) is 0 Å². The fourth-order valence-electron chi connectivity index (χ4n) is 5.61. The standard InChI is InChI=1S/C34H31F3N4O2S/c1-23-8-5-6-11-27(23)32-21-28-30(40(32)22-25-13-12-24(20-29(25)36)16-19-38-18-7-17-35)14-15-31-33(28)34(37)39-41(31)44(42,43)26-9-3-2-4-10-26/h2-6,8-15,20-21,38H,7,16-19,22H2,1H3. The van der Waals surface area contributed by atoms with Crippen molar-refractivity contribution < 1.29 is 21.6 Å². The van der Waals surface area contributed by atoms with Gasteiger partial charge in [0.05, 0.1) is 29.0 Å². The van der Waals surface area contributed by atoms with Crippen LogP contribution in [0.4, 0.5) is 13.2 Å². The van der Waals surface area contributed by atoms with Gasteiger partial charge in [-0.25, -0.2) is 4.39 Å². The van der Waals surface area contributed by atoms with Crippen LogP contribution in [0.1, 0.15) is 23.1 Å².